The van der Waals surface area contributed by atoms with Crippen molar-refractivity contribution < 1.29 is 19.8 Å². The second kappa shape index (κ2) is 19.0. The molecule has 164 valence electrons. The highest BCUT2D eigenvalue weighted by Gasteiger charge is 2.11. The first-order valence-corrected chi connectivity index (χ1v) is 11.6. The average molecular weight is 397 g/mol. The van der Waals surface area contributed by atoms with E-state index in [-0.39, 0.29) is 0 Å². The van der Waals surface area contributed by atoms with Crippen molar-refractivity contribution in [1.29, 1.82) is 0 Å². The van der Waals surface area contributed by atoms with E-state index in [1.807, 2.05) is 0 Å². The van der Waals surface area contributed by atoms with Gasteiger partial charge >= 0.3 is 11.9 Å². The number of carboxylic acids is 2. The summed E-state index contributed by atoms with van der Waals surface area (Å²) in [5.41, 5.74) is 1.62. The number of hydrogen-bond donors (Lipinski definition) is 2. The van der Waals surface area contributed by atoms with Crippen molar-refractivity contribution in [2.24, 2.45) is 5.92 Å². The topological polar surface area (TPSA) is 74.6 Å². The van der Waals surface area contributed by atoms with Crippen LogP contribution < -0.4 is 0 Å². The summed E-state index contributed by atoms with van der Waals surface area (Å²) < 4.78 is 0. The molecule has 0 rings (SSSR count). The van der Waals surface area contributed by atoms with Gasteiger partial charge in [-0.1, -0.05) is 76.9 Å². The molecule has 0 aromatic heterocycles. The lowest BCUT2D eigenvalue weighted by Gasteiger charge is -2.19. The van der Waals surface area contributed by atoms with Crippen LogP contribution in [0, 0.1) is 5.92 Å². The minimum atomic E-state index is -0.683. The van der Waals surface area contributed by atoms with Gasteiger partial charge in [0.15, 0.2) is 0 Å². The molecular formula is C24H44O4. The number of rotatable bonds is 20. The van der Waals surface area contributed by atoms with Crippen LogP contribution >= 0.6 is 0 Å². The first-order chi connectivity index (χ1) is 13.5. The molecule has 0 fully saturated rings. The molecular weight excluding hydrogens is 352 g/mol. The Morgan fingerprint density at radius 2 is 1.21 bits per heavy atom. The molecule has 0 spiro atoms. The molecule has 0 saturated heterocycles. The lowest BCUT2D eigenvalue weighted by atomic mass is 9.86. The van der Waals surface area contributed by atoms with Crippen LogP contribution in [0.5, 0.6) is 0 Å². The van der Waals surface area contributed by atoms with Crippen molar-refractivity contribution in [1.82, 2.24) is 0 Å². The molecule has 0 radical (unpaired) electrons. The van der Waals surface area contributed by atoms with Gasteiger partial charge in [0.25, 0.3) is 0 Å². The summed E-state index contributed by atoms with van der Waals surface area (Å²) >= 11 is 0. The minimum absolute atomic E-state index is 0.304. The normalized spacial score (nSPS) is 12.9. The van der Waals surface area contributed by atoms with Gasteiger partial charge in [0.2, 0.25) is 0 Å². The van der Waals surface area contributed by atoms with E-state index in [1.54, 1.807) is 5.57 Å². The fourth-order valence-corrected chi connectivity index (χ4v) is 3.90. The highest BCUT2D eigenvalue weighted by molar-refractivity contribution is 5.66. The molecule has 28 heavy (non-hydrogen) atoms. The van der Waals surface area contributed by atoms with Crippen molar-refractivity contribution >= 4 is 11.9 Å². The lowest BCUT2D eigenvalue weighted by molar-refractivity contribution is -0.138. The van der Waals surface area contributed by atoms with E-state index in [2.05, 4.69) is 19.9 Å². The Hall–Kier alpha value is -1.32. The van der Waals surface area contributed by atoms with Crippen LogP contribution in [-0.4, -0.2) is 22.2 Å². The molecule has 1 atom stereocenters. The largest absolute Gasteiger partial charge is 0.481 e. The molecule has 0 aromatic carbocycles. The maximum absolute atomic E-state index is 10.5. The maximum atomic E-state index is 10.5. The van der Waals surface area contributed by atoms with Gasteiger partial charge in [-0.25, -0.2) is 0 Å². The van der Waals surface area contributed by atoms with Crippen LogP contribution in [0.1, 0.15) is 123 Å². The lowest BCUT2D eigenvalue weighted by Crippen LogP contribution is -2.04. The summed E-state index contributed by atoms with van der Waals surface area (Å²) in [6.45, 7) is 4.54. The van der Waals surface area contributed by atoms with E-state index in [9.17, 15) is 9.59 Å². The van der Waals surface area contributed by atoms with Gasteiger partial charge in [-0.05, 0) is 50.9 Å². The van der Waals surface area contributed by atoms with Gasteiger partial charge in [0.1, 0.15) is 0 Å². The molecule has 0 aliphatic rings. The summed E-state index contributed by atoms with van der Waals surface area (Å²) in [6.07, 6.45) is 20.0. The Morgan fingerprint density at radius 3 is 1.71 bits per heavy atom. The summed E-state index contributed by atoms with van der Waals surface area (Å²) in [5, 5.41) is 17.3. The van der Waals surface area contributed by atoms with Crippen molar-refractivity contribution in [3.63, 3.8) is 0 Å². The minimum Gasteiger partial charge on any atom is -0.481 e. The van der Waals surface area contributed by atoms with Crippen molar-refractivity contribution in [2.45, 2.75) is 123 Å². The highest BCUT2D eigenvalue weighted by Crippen LogP contribution is 2.27. The number of allylic oxidation sites excluding steroid dienone is 2. The molecule has 2 N–H and O–H groups in total. The van der Waals surface area contributed by atoms with E-state index in [0.29, 0.717) is 18.8 Å². The molecule has 0 bridgehead atoms. The van der Waals surface area contributed by atoms with E-state index in [0.717, 1.165) is 51.4 Å². The standard InChI is InChI=1S/C24H44O4/c1-3-16-22(18-13-9-7-11-15-20-24(27)28)21(4-2)17-12-8-5-6-10-14-19-23(25)26/h17,22H,3-16,18-20H2,1-2H3,(H,25,26)(H,27,28). The molecule has 0 amide bonds. The second-order valence-electron chi connectivity index (χ2n) is 8.02. The first kappa shape index (κ1) is 26.7. The third-order valence-electron chi connectivity index (χ3n) is 5.51. The van der Waals surface area contributed by atoms with E-state index in [1.165, 1.54) is 44.9 Å². The highest BCUT2D eigenvalue weighted by atomic mass is 16.4. The molecule has 0 heterocycles. The molecule has 4 heteroatoms. The third-order valence-corrected chi connectivity index (χ3v) is 5.51. The van der Waals surface area contributed by atoms with Crippen molar-refractivity contribution in [2.75, 3.05) is 0 Å². The SMILES string of the molecule is CCCC(CCCCCCCC(=O)O)C(=CCCCCCCCC(=O)O)CC. The smallest absolute Gasteiger partial charge is 0.303 e. The Bertz CT molecular complexity index is 428. The number of unbranched alkanes of at least 4 members (excludes halogenated alkanes) is 9. The van der Waals surface area contributed by atoms with Crippen LogP contribution in [0.3, 0.4) is 0 Å². The Labute approximate surface area is 172 Å². The summed E-state index contributed by atoms with van der Waals surface area (Å²) in [7, 11) is 0. The van der Waals surface area contributed by atoms with Gasteiger partial charge in [0, 0.05) is 12.8 Å². The van der Waals surface area contributed by atoms with Crippen LogP contribution in [0.25, 0.3) is 0 Å². The maximum Gasteiger partial charge on any atom is 0.303 e. The molecule has 0 aliphatic carbocycles. The molecule has 1 unspecified atom stereocenters. The molecule has 4 nitrogen and oxygen atoms in total. The zero-order valence-corrected chi connectivity index (χ0v) is 18.4. The monoisotopic (exact) mass is 396 g/mol. The van der Waals surface area contributed by atoms with Gasteiger partial charge in [-0.15, -0.1) is 0 Å². The predicted molar refractivity (Wildman–Crippen MR) is 117 cm³/mol. The van der Waals surface area contributed by atoms with Crippen molar-refractivity contribution in [3.05, 3.63) is 11.6 Å². The van der Waals surface area contributed by atoms with Gasteiger partial charge in [-0.2, -0.15) is 0 Å². The molecule has 0 saturated carbocycles. The van der Waals surface area contributed by atoms with Crippen molar-refractivity contribution in [3.8, 4) is 0 Å². The Balaban J connectivity index is 4.02. The molecule has 0 aliphatic heterocycles. The number of aliphatic carboxylic acids is 2. The van der Waals surface area contributed by atoms with E-state index < -0.39 is 11.9 Å². The first-order valence-electron chi connectivity index (χ1n) is 11.6. The number of carboxylic acid groups (broad SMARTS) is 2. The van der Waals surface area contributed by atoms with E-state index in [4.69, 9.17) is 10.2 Å². The average Bonchev–Trinajstić information content (AvgIpc) is 2.65. The van der Waals surface area contributed by atoms with Gasteiger partial charge in [0.05, 0.1) is 0 Å². The Kier molecular flexibility index (Phi) is 18.1. The van der Waals surface area contributed by atoms with Crippen LogP contribution in [0.2, 0.25) is 0 Å². The predicted octanol–water partition coefficient (Wildman–Crippen LogP) is 7.37. The zero-order chi connectivity index (χ0) is 21.0. The van der Waals surface area contributed by atoms with Crippen LogP contribution in [0.15, 0.2) is 11.6 Å². The summed E-state index contributed by atoms with van der Waals surface area (Å²) in [4.78, 5) is 21.0. The zero-order valence-electron chi connectivity index (χ0n) is 18.4. The second-order valence-corrected chi connectivity index (χ2v) is 8.02. The molecule has 0 aromatic rings. The van der Waals surface area contributed by atoms with Crippen LogP contribution in [-0.2, 0) is 9.59 Å². The summed E-state index contributed by atoms with van der Waals surface area (Å²) in [5.74, 6) is -0.650. The fourth-order valence-electron chi connectivity index (χ4n) is 3.90. The summed E-state index contributed by atoms with van der Waals surface area (Å²) in [6, 6.07) is 0. The van der Waals surface area contributed by atoms with E-state index >= 15 is 0 Å². The number of carbonyl (C=O) groups is 2. The van der Waals surface area contributed by atoms with Gasteiger partial charge < -0.3 is 10.2 Å². The fraction of sp³-hybridized carbons (Fsp3) is 0.833. The third kappa shape index (κ3) is 16.8. The van der Waals surface area contributed by atoms with Crippen LogP contribution in [0.4, 0.5) is 0 Å². The quantitative estimate of drug-likeness (QED) is 0.166. The Morgan fingerprint density at radius 1 is 0.714 bits per heavy atom. The number of hydrogen-bond acceptors (Lipinski definition) is 2. The van der Waals surface area contributed by atoms with Gasteiger partial charge in [-0.3, -0.25) is 9.59 Å².